The third-order valence-corrected chi connectivity index (χ3v) is 7.44. The summed E-state index contributed by atoms with van der Waals surface area (Å²) in [6, 6.07) is 19.9. The number of hydrogen-bond acceptors (Lipinski definition) is 6. The normalized spacial score (nSPS) is 11.2. The van der Waals surface area contributed by atoms with E-state index in [1.165, 1.54) is 29.0 Å². The van der Waals surface area contributed by atoms with Gasteiger partial charge in [0.1, 0.15) is 16.3 Å². The highest BCUT2D eigenvalue weighted by Crippen LogP contribution is 2.32. The van der Waals surface area contributed by atoms with Gasteiger partial charge in [-0.15, -0.1) is 11.3 Å². The quantitative estimate of drug-likeness (QED) is 0.444. The van der Waals surface area contributed by atoms with Crippen molar-refractivity contribution in [2.24, 2.45) is 0 Å². The molecule has 0 atom stereocenters. The standard InChI is InChI=1S/C21H17N3O3S2/c1-24(29(25,26)20-8-5-13-28-20)17-9-11-18(12-10-17)27-21-19(14-22-15-23-21)16-6-3-2-4-7-16/h2-15H,1H3. The summed E-state index contributed by atoms with van der Waals surface area (Å²) in [5.41, 5.74) is 2.26. The monoisotopic (exact) mass is 423 g/mol. The van der Waals surface area contributed by atoms with Crippen LogP contribution in [0.4, 0.5) is 5.69 Å². The molecule has 0 bridgehead atoms. The van der Waals surface area contributed by atoms with Crippen LogP contribution < -0.4 is 9.04 Å². The number of hydrogen-bond donors (Lipinski definition) is 0. The number of benzene rings is 2. The summed E-state index contributed by atoms with van der Waals surface area (Å²) in [6.45, 7) is 0. The largest absolute Gasteiger partial charge is 0.438 e. The zero-order valence-electron chi connectivity index (χ0n) is 15.5. The van der Waals surface area contributed by atoms with Crippen molar-refractivity contribution in [3.63, 3.8) is 0 Å². The lowest BCUT2D eigenvalue weighted by Gasteiger charge is -2.18. The van der Waals surface area contributed by atoms with E-state index < -0.39 is 10.0 Å². The number of aromatic nitrogens is 2. The fourth-order valence-corrected chi connectivity index (χ4v) is 5.09. The molecule has 2 aromatic carbocycles. The molecule has 0 unspecified atom stereocenters. The van der Waals surface area contributed by atoms with Crippen LogP contribution in [0.5, 0.6) is 11.6 Å². The van der Waals surface area contributed by atoms with Crippen LogP contribution in [0.1, 0.15) is 0 Å². The summed E-state index contributed by atoms with van der Waals surface area (Å²) in [4.78, 5) is 8.33. The van der Waals surface area contributed by atoms with E-state index in [2.05, 4.69) is 9.97 Å². The zero-order chi connectivity index (χ0) is 20.3. The molecule has 0 aliphatic heterocycles. The molecule has 8 heteroatoms. The van der Waals surface area contributed by atoms with Crippen molar-refractivity contribution in [2.45, 2.75) is 4.21 Å². The van der Waals surface area contributed by atoms with Crippen LogP contribution in [0.2, 0.25) is 0 Å². The average Bonchev–Trinajstić information content (AvgIpc) is 3.31. The van der Waals surface area contributed by atoms with E-state index in [-0.39, 0.29) is 0 Å². The first kappa shape index (κ1) is 19.1. The minimum Gasteiger partial charge on any atom is -0.438 e. The zero-order valence-corrected chi connectivity index (χ0v) is 17.1. The first-order chi connectivity index (χ1) is 14.1. The van der Waals surface area contributed by atoms with Crippen molar-refractivity contribution in [3.8, 4) is 22.8 Å². The molecule has 4 rings (SSSR count). The second kappa shape index (κ2) is 8.02. The van der Waals surface area contributed by atoms with E-state index in [9.17, 15) is 8.42 Å². The Labute approximate surface area is 173 Å². The molecule has 2 aromatic heterocycles. The first-order valence-electron chi connectivity index (χ1n) is 8.71. The maximum atomic E-state index is 12.7. The van der Waals surface area contributed by atoms with Gasteiger partial charge in [0.2, 0.25) is 5.88 Å². The van der Waals surface area contributed by atoms with E-state index in [0.717, 1.165) is 11.1 Å². The Kier molecular flexibility index (Phi) is 5.28. The van der Waals surface area contributed by atoms with Gasteiger partial charge >= 0.3 is 0 Å². The van der Waals surface area contributed by atoms with Crippen molar-refractivity contribution < 1.29 is 13.2 Å². The molecule has 2 heterocycles. The number of nitrogens with zero attached hydrogens (tertiary/aromatic N) is 3. The molecular formula is C21H17N3O3S2. The van der Waals surface area contributed by atoms with Crippen LogP contribution in [0.25, 0.3) is 11.1 Å². The van der Waals surface area contributed by atoms with Gasteiger partial charge in [-0.1, -0.05) is 36.4 Å². The third kappa shape index (κ3) is 3.98. The second-order valence-electron chi connectivity index (χ2n) is 6.11. The summed E-state index contributed by atoms with van der Waals surface area (Å²) >= 11 is 1.19. The molecule has 6 nitrogen and oxygen atoms in total. The minimum atomic E-state index is -3.57. The highest BCUT2D eigenvalue weighted by molar-refractivity contribution is 7.94. The molecule has 0 spiro atoms. The molecule has 146 valence electrons. The average molecular weight is 424 g/mol. The van der Waals surface area contributed by atoms with Crippen molar-refractivity contribution in [3.05, 3.63) is 84.6 Å². The second-order valence-corrected chi connectivity index (χ2v) is 9.25. The SMILES string of the molecule is CN(c1ccc(Oc2ncncc2-c2ccccc2)cc1)S(=O)(=O)c1cccs1. The van der Waals surface area contributed by atoms with Gasteiger partial charge in [0.05, 0.1) is 11.3 Å². The van der Waals surface area contributed by atoms with E-state index in [1.807, 2.05) is 30.3 Å². The highest BCUT2D eigenvalue weighted by Gasteiger charge is 2.22. The molecule has 29 heavy (non-hydrogen) atoms. The summed E-state index contributed by atoms with van der Waals surface area (Å²) < 4.78 is 32.8. The Bertz CT molecular complexity index is 1190. The van der Waals surface area contributed by atoms with Crippen molar-refractivity contribution in [2.75, 3.05) is 11.4 Å². The van der Waals surface area contributed by atoms with Gasteiger partial charge < -0.3 is 4.74 Å². The molecule has 0 saturated carbocycles. The number of sulfonamides is 1. The van der Waals surface area contributed by atoms with E-state index >= 15 is 0 Å². The van der Waals surface area contributed by atoms with Gasteiger partial charge in [0, 0.05) is 13.2 Å². The van der Waals surface area contributed by atoms with Gasteiger partial charge in [0.25, 0.3) is 10.0 Å². The summed E-state index contributed by atoms with van der Waals surface area (Å²) in [5.74, 6) is 0.977. The summed E-state index contributed by atoms with van der Waals surface area (Å²) in [5, 5.41) is 1.74. The molecule has 4 aromatic rings. The highest BCUT2D eigenvalue weighted by atomic mass is 32.2. The van der Waals surface area contributed by atoms with Gasteiger partial charge in [-0.25, -0.2) is 18.4 Å². The number of ether oxygens (including phenoxy) is 1. The summed E-state index contributed by atoms with van der Waals surface area (Å²) in [7, 11) is -2.04. The van der Waals surface area contributed by atoms with Gasteiger partial charge in [0.15, 0.2) is 0 Å². The van der Waals surface area contributed by atoms with Gasteiger partial charge in [-0.3, -0.25) is 4.31 Å². The lowest BCUT2D eigenvalue weighted by atomic mass is 10.1. The predicted octanol–water partition coefficient (Wildman–Crippen LogP) is 4.82. The fourth-order valence-electron chi connectivity index (χ4n) is 2.74. The molecule has 0 saturated heterocycles. The van der Waals surface area contributed by atoms with Gasteiger partial charge in [-0.2, -0.15) is 0 Å². The Balaban J connectivity index is 1.57. The van der Waals surface area contributed by atoms with Crippen LogP contribution in [0, 0.1) is 0 Å². The van der Waals surface area contributed by atoms with Crippen molar-refractivity contribution >= 4 is 27.0 Å². The van der Waals surface area contributed by atoms with Gasteiger partial charge in [-0.05, 0) is 41.3 Å². The topological polar surface area (TPSA) is 72.4 Å². The van der Waals surface area contributed by atoms with Crippen molar-refractivity contribution in [1.29, 1.82) is 0 Å². The molecular weight excluding hydrogens is 406 g/mol. The third-order valence-electron chi connectivity index (χ3n) is 4.29. The molecule has 0 aliphatic carbocycles. The lowest BCUT2D eigenvalue weighted by molar-refractivity contribution is 0.463. The van der Waals surface area contributed by atoms with Crippen LogP contribution in [-0.4, -0.2) is 25.4 Å². The van der Waals surface area contributed by atoms with Crippen LogP contribution in [-0.2, 0) is 10.0 Å². The maximum Gasteiger partial charge on any atom is 0.273 e. The Hall–Kier alpha value is -3.23. The predicted molar refractivity (Wildman–Crippen MR) is 114 cm³/mol. The van der Waals surface area contributed by atoms with E-state index in [4.69, 9.17) is 4.74 Å². The number of anilines is 1. The Morgan fingerprint density at radius 1 is 0.966 bits per heavy atom. The molecule has 0 N–H and O–H groups in total. The molecule has 0 radical (unpaired) electrons. The lowest BCUT2D eigenvalue weighted by Crippen LogP contribution is -2.25. The fraction of sp³-hybridized carbons (Fsp3) is 0.0476. The van der Waals surface area contributed by atoms with Crippen LogP contribution in [0.15, 0.2) is 88.8 Å². The van der Waals surface area contributed by atoms with Crippen molar-refractivity contribution in [1.82, 2.24) is 9.97 Å². The Morgan fingerprint density at radius 3 is 2.41 bits per heavy atom. The number of rotatable bonds is 6. The first-order valence-corrected chi connectivity index (χ1v) is 11.0. The summed E-state index contributed by atoms with van der Waals surface area (Å²) in [6.07, 6.45) is 3.13. The van der Waals surface area contributed by atoms with Crippen LogP contribution >= 0.6 is 11.3 Å². The van der Waals surface area contributed by atoms with Crippen LogP contribution in [0.3, 0.4) is 0 Å². The Morgan fingerprint density at radius 2 is 1.72 bits per heavy atom. The molecule has 0 amide bonds. The molecule has 0 aliphatic rings. The maximum absolute atomic E-state index is 12.7. The smallest absolute Gasteiger partial charge is 0.273 e. The minimum absolute atomic E-state index is 0.300. The molecule has 0 fully saturated rings. The number of thiophene rings is 1. The van der Waals surface area contributed by atoms with E-state index in [0.29, 0.717) is 21.5 Å². The van der Waals surface area contributed by atoms with E-state index in [1.54, 1.807) is 48.0 Å².